The van der Waals surface area contributed by atoms with Crippen LogP contribution >= 0.6 is 11.8 Å². The Hall–Kier alpha value is -0.260. The number of hydrogen-bond donors (Lipinski definition) is 3. The van der Waals surface area contributed by atoms with E-state index in [9.17, 15) is 4.79 Å². The van der Waals surface area contributed by atoms with Gasteiger partial charge in [0, 0.05) is 14.2 Å². The van der Waals surface area contributed by atoms with Crippen LogP contribution in [0, 0.1) is 0 Å². The maximum absolute atomic E-state index is 10.2. The Morgan fingerprint density at radius 1 is 1.90 bits per heavy atom. The number of thioether (sulfide) groups is 1. The van der Waals surface area contributed by atoms with Crippen molar-refractivity contribution in [1.29, 1.82) is 0 Å². The average molecular weight is 169 g/mol. The molecule has 0 aliphatic rings. The Morgan fingerprint density at radius 3 is 2.90 bits per heavy atom. The lowest BCUT2D eigenvalue weighted by Gasteiger charge is -2.03. The maximum atomic E-state index is 10.2. The van der Waals surface area contributed by atoms with Gasteiger partial charge >= 0.3 is 5.97 Å². The first-order valence-electron chi connectivity index (χ1n) is 4.42. The summed E-state index contributed by atoms with van der Waals surface area (Å²) in [6.07, 6.45) is 0. The van der Waals surface area contributed by atoms with Crippen molar-refractivity contribution in [3.63, 3.8) is 0 Å². The molecule has 4 nitrogen and oxygen atoms in total. The van der Waals surface area contributed by atoms with Gasteiger partial charge in [-0.05, 0) is 0 Å². The molecule has 0 spiro atoms. The predicted octanol–water partition coefficient (Wildman–Crippen LogP) is -0.876. The summed E-state index contributed by atoms with van der Waals surface area (Å²) in [6.45, 7) is -3.03. The molecule has 0 aliphatic carbocycles. The molecule has 4 N–H and O–H groups in total. The number of carbonyl (C=O) groups is 1. The molecule has 0 amide bonds. The van der Waals surface area contributed by atoms with Gasteiger partial charge in [-0.2, -0.15) is 11.8 Å². The summed E-state index contributed by atoms with van der Waals surface area (Å²) >= 11 is 0.325. The van der Waals surface area contributed by atoms with Crippen LogP contribution in [0.15, 0.2) is 0 Å². The Labute approximate surface area is 69.0 Å². The van der Waals surface area contributed by atoms with E-state index in [-0.39, 0.29) is 5.75 Å². The SMILES string of the molecule is [2H]C([2H])(O)C([2H])([2H])SC[C@@H](N)C(=O)O. The molecule has 0 radical (unpaired) electrons. The van der Waals surface area contributed by atoms with E-state index in [2.05, 4.69) is 0 Å². The summed E-state index contributed by atoms with van der Waals surface area (Å²) in [5.41, 5.74) is 2.49. The number of carboxylic acid groups (broad SMARTS) is 1. The molecule has 10 heavy (non-hydrogen) atoms. The van der Waals surface area contributed by atoms with Crippen molar-refractivity contribution in [3.8, 4) is 0 Å². The first-order chi connectivity index (χ1) is 6.08. The van der Waals surface area contributed by atoms with Gasteiger partial charge in [0.05, 0.1) is 9.30 Å². The van der Waals surface area contributed by atoms with E-state index in [0.717, 1.165) is 0 Å². The predicted molar refractivity (Wildman–Crippen MR) is 40.0 cm³/mol. The molecule has 0 saturated heterocycles. The smallest absolute Gasteiger partial charge is 0.321 e. The zero-order valence-corrected chi connectivity index (χ0v) is 5.89. The zero-order chi connectivity index (χ0) is 11.6. The van der Waals surface area contributed by atoms with Crippen molar-refractivity contribution in [1.82, 2.24) is 0 Å². The molecule has 0 aromatic carbocycles. The van der Waals surface area contributed by atoms with Gasteiger partial charge in [0.15, 0.2) is 0 Å². The maximum Gasteiger partial charge on any atom is 0.321 e. The van der Waals surface area contributed by atoms with Crippen LogP contribution in [0.4, 0.5) is 0 Å². The molecule has 0 heterocycles. The van der Waals surface area contributed by atoms with Crippen LogP contribution in [0.25, 0.3) is 0 Å². The Bertz CT molecular complexity index is 220. The lowest BCUT2D eigenvalue weighted by Crippen LogP contribution is -2.32. The van der Waals surface area contributed by atoms with E-state index in [0.29, 0.717) is 11.8 Å². The van der Waals surface area contributed by atoms with Crippen LogP contribution in [0.2, 0.25) is 0 Å². The summed E-state index contributed by atoms with van der Waals surface area (Å²) in [4.78, 5) is 10.2. The zero-order valence-electron chi connectivity index (χ0n) is 9.07. The highest BCUT2D eigenvalue weighted by Gasteiger charge is 2.09. The molecular weight excluding hydrogens is 154 g/mol. The van der Waals surface area contributed by atoms with Crippen LogP contribution in [0.1, 0.15) is 5.48 Å². The molecule has 0 fully saturated rings. The first-order valence-corrected chi connectivity index (χ1v) is 3.41. The summed E-state index contributed by atoms with van der Waals surface area (Å²) < 4.78 is 27.6. The quantitative estimate of drug-likeness (QED) is 0.498. The van der Waals surface area contributed by atoms with Crippen LogP contribution in [0.5, 0.6) is 0 Å². The third-order valence-corrected chi connectivity index (χ3v) is 1.46. The molecule has 5 heteroatoms. The van der Waals surface area contributed by atoms with Gasteiger partial charge in [0.2, 0.25) is 0 Å². The fourth-order valence-corrected chi connectivity index (χ4v) is 0.705. The first kappa shape index (κ1) is 4.58. The number of nitrogens with two attached hydrogens (primary N) is 1. The van der Waals surface area contributed by atoms with Crippen LogP contribution in [-0.4, -0.2) is 40.2 Å². The van der Waals surface area contributed by atoms with E-state index in [1.807, 2.05) is 0 Å². The Kier molecular flexibility index (Phi) is 2.53. The molecule has 0 aromatic heterocycles. The second kappa shape index (κ2) is 5.52. The molecule has 0 aliphatic heterocycles. The third kappa shape index (κ3) is 4.60. The van der Waals surface area contributed by atoms with E-state index in [1.54, 1.807) is 0 Å². The number of aliphatic carboxylic acids is 1. The van der Waals surface area contributed by atoms with Crippen molar-refractivity contribution in [2.45, 2.75) is 6.04 Å². The van der Waals surface area contributed by atoms with Gasteiger partial charge in [-0.1, -0.05) is 0 Å². The van der Waals surface area contributed by atoms with Crippen molar-refractivity contribution in [3.05, 3.63) is 0 Å². The van der Waals surface area contributed by atoms with Gasteiger partial charge in [-0.25, -0.2) is 0 Å². The fourth-order valence-electron chi connectivity index (χ4n) is 0.235. The molecule has 60 valence electrons. The van der Waals surface area contributed by atoms with Crippen LogP contribution < -0.4 is 5.73 Å². The van der Waals surface area contributed by atoms with Gasteiger partial charge < -0.3 is 15.9 Å². The molecule has 0 saturated carbocycles. The lowest BCUT2D eigenvalue weighted by atomic mass is 10.4. The highest BCUT2D eigenvalue weighted by atomic mass is 32.2. The van der Waals surface area contributed by atoms with Gasteiger partial charge in [0.25, 0.3) is 0 Å². The normalized spacial score (nSPS) is 21.8. The summed E-state index contributed by atoms with van der Waals surface area (Å²) in [7, 11) is 0. The number of aliphatic hydroxyl groups is 1. The Morgan fingerprint density at radius 2 is 2.50 bits per heavy atom. The van der Waals surface area contributed by atoms with Gasteiger partial charge in [0.1, 0.15) is 6.04 Å². The average Bonchev–Trinajstić information content (AvgIpc) is 1.97. The van der Waals surface area contributed by atoms with Crippen molar-refractivity contribution < 1.29 is 20.5 Å². The second-order valence-electron chi connectivity index (χ2n) is 1.47. The number of hydrogen-bond acceptors (Lipinski definition) is 4. The third-order valence-electron chi connectivity index (χ3n) is 0.698. The highest BCUT2D eigenvalue weighted by molar-refractivity contribution is 7.99. The van der Waals surface area contributed by atoms with Crippen LogP contribution in [-0.2, 0) is 4.79 Å². The second-order valence-corrected chi connectivity index (χ2v) is 2.30. The lowest BCUT2D eigenvalue weighted by molar-refractivity contribution is -0.137. The van der Waals surface area contributed by atoms with Crippen LogP contribution in [0.3, 0.4) is 0 Å². The molecule has 0 unspecified atom stereocenters. The Balaban J connectivity index is 4.20. The molecular formula is C5H11NO3S. The van der Waals surface area contributed by atoms with E-state index in [4.69, 9.17) is 21.4 Å². The highest BCUT2D eigenvalue weighted by Crippen LogP contribution is 1.99. The van der Waals surface area contributed by atoms with Gasteiger partial charge in [-0.3, -0.25) is 4.79 Å². The topological polar surface area (TPSA) is 83.5 Å². The van der Waals surface area contributed by atoms with E-state index >= 15 is 0 Å². The number of rotatable bonds is 5. The number of carboxylic acids is 1. The van der Waals surface area contributed by atoms with Crippen molar-refractivity contribution in [2.75, 3.05) is 18.0 Å². The summed E-state index contributed by atoms with van der Waals surface area (Å²) in [5, 5.41) is 17.1. The molecule has 0 bridgehead atoms. The van der Waals surface area contributed by atoms with Gasteiger partial charge in [-0.15, -0.1) is 0 Å². The van der Waals surface area contributed by atoms with Crippen molar-refractivity contribution in [2.24, 2.45) is 5.73 Å². The van der Waals surface area contributed by atoms with Crippen molar-refractivity contribution >= 4 is 17.7 Å². The minimum absolute atomic E-state index is 0.317. The summed E-state index contributed by atoms with van der Waals surface area (Å²) in [6, 6.07) is -1.28. The van der Waals surface area contributed by atoms with E-state index < -0.39 is 24.3 Å². The molecule has 0 aromatic rings. The minimum atomic E-state index is -3.03. The molecule has 1 atom stereocenters. The molecule has 0 rings (SSSR count). The fraction of sp³-hybridized carbons (Fsp3) is 0.800. The monoisotopic (exact) mass is 169 g/mol. The minimum Gasteiger partial charge on any atom is -0.480 e. The van der Waals surface area contributed by atoms with E-state index in [1.165, 1.54) is 0 Å². The largest absolute Gasteiger partial charge is 0.480 e. The standard InChI is InChI=1S/C5H11NO3S/c6-4(5(8)9)3-10-2-1-7/h4,7H,1-3,6H2,(H,8,9)/t4-/m1/s1/i1D2,2D2. The summed E-state index contributed by atoms with van der Waals surface area (Å²) in [5.74, 6) is -1.62.